The van der Waals surface area contributed by atoms with Crippen molar-refractivity contribution < 1.29 is 9.18 Å². The van der Waals surface area contributed by atoms with Crippen molar-refractivity contribution in [2.45, 2.75) is 24.7 Å². The number of amides is 1. The predicted octanol–water partition coefficient (Wildman–Crippen LogP) is 1.73. The molecule has 1 aromatic rings. The van der Waals surface area contributed by atoms with E-state index in [1.807, 2.05) is 6.07 Å². The van der Waals surface area contributed by atoms with Gasteiger partial charge < -0.3 is 5.73 Å². The van der Waals surface area contributed by atoms with Crippen LogP contribution in [0.15, 0.2) is 24.3 Å². The van der Waals surface area contributed by atoms with Gasteiger partial charge in [-0.05, 0) is 30.5 Å². The van der Waals surface area contributed by atoms with Crippen molar-refractivity contribution in [2.24, 2.45) is 5.73 Å². The molecule has 0 bridgehead atoms. The highest BCUT2D eigenvalue weighted by atomic mass is 19.1. The number of rotatable bonds is 3. The molecular formula is C11H12FNO. The average molecular weight is 193 g/mol. The van der Waals surface area contributed by atoms with E-state index < -0.39 is 0 Å². The van der Waals surface area contributed by atoms with Gasteiger partial charge >= 0.3 is 0 Å². The Bertz CT molecular complexity index is 371. The van der Waals surface area contributed by atoms with Crippen LogP contribution in [0.4, 0.5) is 4.39 Å². The summed E-state index contributed by atoms with van der Waals surface area (Å²) in [6.07, 6.45) is 2.19. The molecule has 1 aliphatic carbocycles. The molecule has 1 aromatic carbocycles. The van der Waals surface area contributed by atoms with Gasteiger partial charge in [0.05, 0.1) is 0 Å². The summed E-state index contributed by atoms with van der Waals surface area (Å²) in [5.74, 6) is -0.565. The molecule has 1 fully saturated rings. The summed E-state index contributed by atoms with van der Waals surface area (Å²) >= 11 is 0. The first-order valence-electron chi connectivity index (χ1n) is 4.67. The van der Waals surface area contributed by atoms with E-state index in [2.05, 4.69) is 0 Å². The van der Waals surface area contributed by atoms with Gasteiger partial charge in [-0.25, -0.2) is 4.39 Å². The third kappa shape index (κ3) is 1.62. The number of halogens is 1. The molecule has 74 valence electrons. The molecule has 0 radical (unpaired) electrons. The first kappa shape index (κ1) is 9.19. The fourth-order valence-electron chi connectivity index (χ4n) is 1.87. The predicted molar refractivity (Wildman–Crippen MR) is 51.1 cm³/mol. The molecule has 14 heavy (non-hydrogen) atoms. The van der Waals surface area contributed by atoms with Crippen molar-refractivity contribution in [1.82, 2.24) is 0 Å². The Morgan fingerprint density at radius 1 is 1.50 bits per heavy atom. The Morgan fingerprint density at radius 3 is 2.71 bits per heavy atom. The molecule has 0 spiro atoms. The van der Waals surface area contributed by atoms with Crippen LogP contribution in [-0.2, 0) is 10.2 Å². The Balaban J connectivity index is 2.26. The van der Waals surface area contributed by atoms with Gasteiger partial charge in [0, 0.05) is 11.8 Å². The van der Waals surface area contributed by atoms with Crippen LogP contribution in [-0.4, -0.2) is 5.91 Å². The maximum Gasteiger partial charge on any atom is 0.218 e. The highest BCUT2D eigenvalue weighted by molar-refractivity contribution is 5.76. The van der Waals surface area contributed by atoms with Crippen molar-refractivity contribution in [2.75, 3.05) is 0 Å². The Hall–Kier alpha value is -1.38. The number of carbonyl (C=O) groups is 1. The van der Waals surface area contributed by atoms with E-state index in [-0.39, 0.29) is 17.1 Å². The highest BCUT2D eigenvalue weighted by Gasteiger charge is 2.45. The third-order valence-corrected chi connectivity index (χ3v) is 2.80. The zero-order chi connectivity index (χ0) is 10.2. The molecule has 1 aliphatic rings. The summed E-state index contributed by atoms with van der Waals surface area (Å²) in [6.45, 7) is 0. The number of hydrogen-bond donors (Lipinski definition) is 1. The van der Waals surface area contributed by atoms with Gasteiger partial charge in [-0.2, -0.15) is 0 Å². The van der Waals surface area contributed by atoms with Gasteiger partial charge in [0.1, 0.15) is 5.82 Å². The molecule has 0 heterocycles. The van der Waals surface area contributed by atoms with Gasteiger partial charge in [0.15, 0.2) is 0 Å². The number of hydrogen-bond acceptors (Lipinski definition) is 1. The lowest BCUT2D eigenvalue weighted by molar-refractivity contribution is -0.118. The lowest BCUT2D eigenvalue weighted by Gasteiger charge is -2.12. The molecule has 0 aromatic heterocycles. The summed E-state index contributed by atoms with van der Waals surface area (Å²) in [6, 6.07) is 6.44. The molecule has 0 atom stereocenters. The van der Waals surface area contributed by atoms with Crippen molar-refractivity contribution in [3.63, 3.8) is 0 Å². The fourth-order valence-corrected chi connectivity index (χ4v) is 1.87. The molecule has 2 nitrogen and oxygen atoms in total. The first-order valence-corrected chi connectivity index (χ1v) is 4.67. The molecule has 0 aliphatic heterocycles. The molecule has 1 saturated carbocycles. The van der Waals surface area contributed by atoms with E-state index in [1.54, 1.807) is 6.07 Å². The largest absolute Gasteiger partial charge is 0.370 e. The SMILES string of the molecule is NC(=O)CC1(c2cccc(F)c2)CC1. The minimum atomic E-state index is -0.313. The van der Waals surface area contributed by atoms with Crippen LogP contribution in [0.5, 0.6) is 0 Å². The molecule has 0 saturated heterocycles. The summed E-state index contributed by atoms with van der Waals surface area (Å²) in [4.78, 5) is 10.8. The standard InChI is InChI=1S/C11H12FNO/c12-9-3-1-2-8(6-9)11(4-5-11)7-10(13)14/h1-3,6H,4-5,7H2,(H2,13,14). The van der Waals surface area contributed by atoms with Crippen LogP contribution in [0.1, 0.15) is 24.8 Å². The van der Waals surface area contributed by atoms with E-state index in [4.69, 9.17) is 5.73 Å². The average Bonchev–Trinajstić information content (AvgIpc) is 2.84. The second-order valence-electron chi connectivity index (χ2n) is 3.93. The second-order valence-corrected chi connectivity index (χ2v) is 3.93. The van der Waals surface area contributed by atoms with Crippen molar-refractivity contribution in [3.05, 3.63) is 35.6 Å². The van der Waals surface area contributed by atoms with E-state index >= 15 is 0 Å². The zero-order valence-corrected chi connectivity index (χ0v) is 7.79. The second kappa shape index (κ2) is 3.08. The number of primary amides is 1. The zero-order valence-electron chi connectivity index (χ0n) is 7.79. The molecule has 2 rings (SSSR count). The smallest absolute Gasteiger partial charge is 0.218 e. The topological polar surface area (TPSA) is 43.1 Å². The number of benzene rings is 1. The summed E-state index contributed by atoms with van der Waals surface area (Å²) in [5.41, 5.74) is 5.90. The van der Waals surface area contributed by atoms with E-state index in [0.717, 1.165) is 18.4 Å². The van der Waals surface area contributed by atoms with E-state index in [1.165, 1.54) is 12.1 Å². The van der Waals surface area contributed by atoms with Crippen molar-refractivity contribution in [1.29, 1.82) is 0 Å². The number of carbonyl (C=O) groups excluding carboxylic acids is 1. The fraction of sp³-hybridized carbons (Fsp3) is 0.364. The highest BCUT2D eigenvalue weighted by Crippen LogP contribution is 2.50. The Labute approximate surface area is 81.9 Å². The Kier molecular flexibility index (Phi) is 2.02. The maximum absolute atomic E-state index is 12.9. The van der Waals surface area contributed by atoms with Crippen LogP contribution < -0.4 is 5.73 Å². The minimum Gasteiger partial charge on any atom is -0.370 e. The van der Waals surface area contributed by atoms with Gasteiger partial charge in [0.2, 0.25) is 5.91 Å². The quantitative estimate of drug-likeness (QED) is 0.780. The third-order valence-electron chi connectivity index (χ3n) is 2.80. The van der Waals surface area contributed by atoms with Crippen LogP contribution in [0.3, 0.4) is 0 Å². The van der Waals surface area contributed by atoms with Gasteiger partial charge in [-0.3, -0.25) is 4.79 Å². The molecule has 2 N–H and O–H groups in total. The van der Waals surface area contributed by atoms with Crippen LogP contribution in [0.2, 0.25) is 0 Å². The lowest BCUT2D eigenvalue weighted by Crippen LogP contribution is -2.19. The maximum atomic E-state index is 12.9. The molecular weight excluding hydrogens is 181 g/mol. The van der Waals surface area contributed by atoms with Gasteiger partial charge in [0.25, 0.3) is 0 Å². The number of nitrogens with two attached hydrogens (primary N) is 1. The lowest BCUT2D eigenvalue weighted by atomic mass is 9.92. The monoisotopic (exact) mass is 193 g/mol. The molecule has 1 amide bonds. The molecule has 0 unspecified atom stereocenters. The van der Waals surface area contributed by atoms with Crippen molar-refractivity contribution >= 4 is 5.91 Å². The van der Waals surface area contributed by atoms with Crippen LogP contribution in [0, 0.1) is 5.82 Å². The van der Waals surface area contributed by atoms with Gasteiger partial charge in [-0.15, -0.1) is 0 Å². The summed E-state index contributed by atoms with van der Waals surface area (Å²) in [5, 5.41) is 0. The van der Waals surface area contributed by atoms with E-state index in [9.17, 15) is 9.18 Å². The molecule has 3 heteroatoms. The van der Waals surface area contributed by atoms with Crippen molar-refractivity contribution in [3.8, 4) is 0 Å². The van der Waals surface area contributed by atoms with E-state index in [0.29, 0.717) is 6.42 Å². The summed E-state index contributed by atoms with van der Waals surface area (Å²) < 4.78 is 12.9. The summed E-state index contributed by atoms with van der Waals surface area (Å²) in [7, 11) is 0. The van der Waals surface area contributed by atoms with Crippen LogP contribution >= 0.6 is 0 Å². The Morgan fingerprint density at radius 2 is 2.21 bits per heavy atom. The normalized spacial score (nSPS) is 17.8. The van der Waals surface area contributed by atoms with Crippen LogP contribution in [0.25, 0.3) is 0 Å². The van der Waals surface area contributed by atoms with Gasteiger partial charge in [-0.1, -0.05) is 12.1 Å². The first-order chi connectivity index (χ1) is 6.62. The minimum absolute atomic E-state index is 0.159.